The number of alkyl halides is 3. The van der Waals surface area contributed by atoms with Crippen molar-refractivity contribution in [3.05, 3.63) is 11.8 Å². The predicted molar refractivity (Wildman–Crippen MR) is 59.5 cm³/mol. The summed E-state index contributed by atoms with van der Waals surface area (Å²) in [5.74, 6) is -2.53. The normalized spacial score (nSPS) is 11.1. The average Bonchev–Trinajstić information content (AvgIpc) is 2.30. The third-order valence-corrected chi connectivity index (χ3v) is 2.04. The van der Waals surface area contributed by atoms with Crippen LogP contribution in [0.2, 0.25) is 0 Å². The second kappa shape index (κ2) is 6.31. The van der Waals surface area contributed by atoms with Crippen LogP contribution in [0.1, 0.15) is 12.6 Å². The standard InChI is InChI=1S/C11H12F3NO5/c1-3-19-9(17)4-6-8(20-11(12,13)14)5-7(16)10(15-6)18-2/h5,16H,3-4H2,1-2H3. The number of esters is 1. The van der Waals surface area contributed by atoms with Crippen LogP contribution in [0.4, 0.5) is 13.2 Å². The van der Waals surface area contributed by atoms with Crippen molar-refractivity contribution in [2.75, 3.05) is 13.7 Å². The van der Waals surface area contributed by atoms with Gasteiger partial charge in [-0.25, -0.2) is 4.98 Å². The number of rotatable bonds is 5. The number of hydrogen-bond acceptors (Lipinski definition) is 6. The summed E-state index contributed by atoms with van der Waals surface area (Å²) in [5, 5.41) is 9.40. The highest BCUT2D eigenvalue weighted by Crippen LogP contribution is 2.34. The van der Waals surface area contributed by atoms with Crippen LogP contribution in [0.25, 0.3) is 0 Å². The molecule has 1 aromatic rings. The fraction of sp³-hybridized carbons (Fsp3) is 0.455. The summed E-state index contributed by atoms with van der Waals surface area (Å²) in [6, 6.07) is 0.674. The molecule has 1 heterocycles. The van der Waals surface area contributed by atoms with Crippen LogP contribution in [0.15, 0.2) is 6.07 Å². The Hall–Kier alpha value is -2.19. The van der Waals surface area contributed by atoms with Gasteiger partial charge in [0, 0.05) is 6.07 Å². The van der Waals surface area contributed by atoms with Gasteiger partial charge in [0.1, 0.15) is 0 Å². The summed E-state index contributed by atoms with van der Waals surface area (Å²) in [6.07, 6.45) is -5.53. The van der Waals surface area contributed by atoms with Gasteiger partial charge in [-0.2, -0.15) is 0 Å². The van der Waals surface area contributed by atoms with Crippen molar-refractivity contribution in [2.45, 2.75) is 19.7 Å². The summed E-state index contributed by atoms with van der Waals surface area (Å²) in [6.45, 7) is 1.62. The van der Waals surface area contributed by atoms with E-state index in [1.807, 2.05) is 0 Å². The molecule has 1 N–H and O–H groups in total. The van der Waals surface area contributed by atoms with Crippen LogP contribution >= 0.6 is 0 Å². The van der Waals surface area contributed by atoms with Crippen molar-refractivity contribution in [3.63, 3.8) is 0 Å². The van der Waals surface area contributed by atoms with Crippen molar-refractivity contribution < 1.29 is 37.3 Å². The Kier molecular flexibility index (Phi) is 5.00. The van der Waals surface area contributed by atoms with Crippen molar-refractivity contribution >= 4 is 5.97 Å². The first-order valence-electron chi connectivity index (χ1n) is 5.45. The van der Waals surface area contributed by atoms with Gasteiger partial charge < -0.3 is 19.3 Å². The fourth-order valence-electron chi connectivity index (χ4n) is 1.34. The molecule has 0 unspecified atom stereocenters. The number of halogens is 3. The molecule has 0 spiro atoms. The molecule has 9 heteroatoms. The number of hydrogen-bond donors (Lipinski definition) is 1. The number of pyridine rings is 1. The SMILES string of the molecule is CCOC(=O)Cc1nc(OC)c(O)cc1OC(F)(F)F. The molecule has 0 saturated carbocycles. The Balaban J connectivity index is 3.12. The van der Waals surface area contributed by atoms with E-state index in [4.69, 9.17) is 0 Å². The summed E-state index contributed by atoms with van der Waals surface area (Å²) in [4.78, 5) is 14.9. The smallest absolute Gasteiger partial charge is 0.503 e. The van der Waals surface area contributed by atoms with Crippen molar-refractivity contribution in [3.8, 4) is 17.4 Å². The second-order valence-electron chi connectivity index (χ2n) is 3.49. The summed E-state index contributed by atoms with van der Waals surface area (Å²) >= 11 is 0. The molecule has 0 fully saturated rings. The molecule has 0 radical (unpaired) electrons. The molecule has 0 atom stereocenters. The number of methoxy groups -OCH3 is 1. The van der Waals surface area contributed by atoms with E-state index in [-0.39, 0.29) is 18.2 Å². The zero-order valence-electron chi connectivity index (χ0n) is 10.7. The Bertz CT molecular complexity index is 490. The number of carbonyl (C=O) groups excluding carboxylic acids is 1. The Morgan fingerprint density at radius 3 is 2.60 bits per heavy atom. The molecule has 112 valence electrons. The number of aromatic nitrogens is 1. The number of carbonyl (C=O) groups is 1. The number of aromatic hydroxyl groups is 1. The highest BCUT2D eigenvalue weighted by atomic mass is 19.4. The highest BCUT2D eigenvalue weighted by molar-refractivity contribution is 5.73. The minimum Gasteiger partial charge on any atom is -0.503 e. The third-order valence-electron chi connectivity index (χ3n) is 2.04. The lowest BCUT2D eigenvalue weighted by Gasteiger charge is -2.14. The highest BCUT2D eigenvalue weighted by Gasteiger charge is 2.33. The van der Waals surface area contributed by atoms with Gasteiger partial charge in [0.05, 0.1) is 25.8 Å². The molecule has 0 aliphatic heterocycles. The molecular weight excluding hydrogens is 283 g/mol. The van der Waals surface area contributed by atoms with Crippen LogP contribution in [0, 0.1) is 0 Å². The first-order chi connectivity index (χ1) is 9.26. The quantitative estimate of drug-likeness (QED) is 0.835. The zero-order chi connectivity index (χ0) is 15.3. The van der Waals surface area contributed by atoms with Crippen molar-refractivity contribution in [1.29, 1.82) is 0 Å². The number of ether oxygens (including phenoxy) is 3. The van der Waals surface area contributed by atoms with Gasteiger partial charge in [-0.05, 0) is 6.92 Å². The van der Waals surface area contributed by atoms with Crippen molar-refractivity contribution in [2.24, 2.45) is 0 Å². The maximum Gasteiger partial charge on any atom is 0.573 e. The van der Waals surface area contributed by atoms with Gasteiger partial charge in [0.25, 0.3) is 5.88 Å². The first kappa shape index (κ1) is 15.9. The average molecular weight is 295 g/mol. The molecule has 1 aromatic heterocycles. The minimum atomic E-state index is -4.98. The van der Waals surface area contributed by atoms with Gasteiger partial charge in [0.15, 0.2) is 11.5 Å². The minimum absolute atomic E-state index is 0.0729. The summed E-state index contributed by atoms with van der Waals surface area (Å²) < 4.78 is 49.7. The Labute approximate surface area is 112 Å². The fourth-order valence-corrected chi connectivity index (χ4v) is 1.34. The van der Waals surface area contributed by atoms with E-state index in [2.05, 4.69) is 19.2 Å². The topological polar surface area (TPSA) is 77.9 Å². The van der Waals surface area contributed by atoms with Crippen LogP contribution in [0.5, 0.6) is 17.4 Å². The predicted octanol–water partition coefficient (Wildman–Crippen LogP) is 1.80. The molecule has 6 nitrogen and oxygen atoms in total. The molecule has 0 aliphatic rings. The van der Waals surface area contributed by atoms with Crippen LogP contribution < -0.4 is 9.47 Å². The molecule has 0 amide bonds. The van der Waals surface area contributed by atoms with E-state index in [1.165, 1.54) is 7.11 Å². The molecule has 0 bridgehead atoms. The van der Waals surface area contributed by atoms with E-state index >= 15 is 0 Å². The van der Waals surface area contributed by atoms with Gasteiger partial charge in [0.2, 0.25) is 0 Å². The molecule has 0 aliphatic carbocycles. The van der Waals surface area contributed by atoms with E-state index in [9.17, 15) is 23.1 Å². The van der Waals surface area contributed by atoms with Gasteiger partial charge in [-0.15, -0.1) is 13.2 Å². The van der Waals surface area contributed by atoms with Gasteiger partial charge in [-0.3, -0.25) is 4.79 Å². The zero-order valence-corrected chi connectivity index (χ0v) is 10.7. The van der Waals surface area contributed by atoms with E-state index in [1.54, 1.807) is 6.92 Å². The van der Waals surface area contributed by atoms with Gasteiger partial charge >= 0.3 is 12.3 Å². The second-order valence-corrected chi connectivity index (χ2v) is 3.49. The molecule has 20 heavy (non-hydrogen) atoms. The van der Waals surface area contributed by atoms with Gasteiger partial charge in [-0.1, -0.05) is 0 Å². The van der Waals surface area contributed by atoms with E-state index in [0.717, 1.165) is 0 Å². The van der Waals surface area contributed by atoms with E-state index < -0.39 is 30.3 Å². The Morgan fingerprint density at radius 1 is 1.45 bits per heavy atom. The summed E-state index contributed by atoms with van der Waals surface area (Å²) in [5.41, 5.74) is -0.351. The third kappa shape index (κ3) is 4.48. The lowest BCUT2D eigenvalue weighted by molar-refractivity contribution is -0.275. The maximum absolute atomic E-state index is 12.2. The van der Waals surface area contributed by atoms with Crippen LogP contribution in [0.3, 0.4) is 0 Å². The lowest BCUT2D eigenvalue weighted by Crippen LogP contribution is -2.20. The van der Waals surface area contributed by atoms with E-state index in [0.29, 0.717) is 6.07 Å². The van der Waals surface area contributed by atoms with Crippen LogP contribution in [-0.4, -0.2) is 36.1 Å². The van der Waals surface area contributed by atoms with Crippen molar-refractivity contribution in [1.82, 2.24) is 4.98 Å². The largest absolute Gasteiger partial charge is 0.573 e. The first-order valence-corrected chi connectivity index (χ1v) is 5.45. The number of nitrogens with zero attached hydrogens (tertiary/aromatic N) is 1. The molecule has 0 aromatic carbocycles. The maximum atomic E-state index is 12.2. The lowest BCUT2D eigenvalue weighted by atomic mass is 10.2. The molecular formula is C11H12F3NO5. The Morgan fingerprint density at radius 2 is 2.10 bits per heavy atom. The molecule has 0 saturated heterocycles. The summed E-state index contributed by atoms with van der Waals surface area (Å²) in [7, 11) is 1.17. The molecule has 1 rings (SSSR count). The monoisotopic (exact) mass is 295 g/mol. The van der Waals surface area contributed by atoms with Crippen LogP contribution in [-0.2, 0) is 16.0 Å².